The second-order valence-corrected chi connectivity index (χ2v) is 4.86. The maximum atomic E-state index is 11.3. The van der Waals surface area contributed by atoms with E-state index >= 15 is 0 Å². The van der Waals surface area contributed by atoms with E-state index < -0.39 is 17.5 Å². The molecular weight excluding hydrogens is 274 g/mol. The van der Waals surface area contributed by atoms with Gasteiger partial charge in [0.1, 0.15) is 0 Å². The van der Waals surface area contributed by atoms with E-state index in [1.807, 2.05) is 12.1 Å². The van der Waals surface area contributed by atoms with Crippen molar-refractivity contribution >= 4 is 21.9 Å². The Labute approximate surface area is 102 Å². The Morgan fingerprint density at radius 2 is 2.31 bits per heavy atom. The summed E-state index contributed by atoms with van der Waals surface area (Å²) in [4.78, 5) is 15.6. The number of pyridine rings is 1. The quantitative estimate of drug-likeness (QED) is 0.853. The average Bonchev–Trinajstić information content (AvgIpc) is 3.09. The van der Waals surface area contributed by atoms with Crippen LogP contribution in [0.4, 0.5) is 0 Å². The number of aliphatic hydroxyl groups is 1. The zero-order chi connectivity index (χ0) is 11.8. The fourth-order valence-corrected chi connectivity index (χ4v) is 2.05. The van der Waals surface area contributed by atoms with Crippen LogP contribution in [0, 0.1) is 0 Å². The van der Waals surface area contributed by atoms with Crippen molar-refractivity contribution in [2.45, 2.75) is 24.4 Å². The Balaban J connectivity index is 2.26. The van der Waals surface area contributed by atoms with Crippen molar-refractivity contribution < 1.29 is 14.6 Å². The Morgan fingerprint density at radius 3 is 2.75 bits per heavy atom. The molecule has 1 heterocycles. The number of ether oxygens (including phenoxy) is 1. The van der Waals surface area contributed by atoms with Gasteiger partial charge in [0.05, 0.1) is 7.11 Å². The molecule has 1 fully saturated rings. The molecule has 0 aliphatic heterocycles. The third-order valence-electron chi connectivity index (χ3n) is 2.97. The summed E-state index contributed by atoms with van der Waals surface area (Å²) in [5.74, 6) is -0.595. The first-order chi connectivity index (χ1) is 7.60. The van der Waals surface area contributed by atoms with Gasteiger partial charge < -0.3 is 9.84 Å². The molecule has 0 amide bonds. The second-order valence-electron chi connectivity index (χ2n) is 3.94. The minimum Gasteiger partial charge on any atom is -0.467 e. The molecule has 0 bridgehead atoms. The summed E-state index contributed by atoms with van der Waals surface area (Å²) in [6.45, 7) is 0. The molecule has 1 aromatic rings. The number of aliphatic hydroxyl groups excluding tert-OH is 1. The van der Waals surface area contributed by atoms with Gasteiger partial charge in [0, 0.05) is 21.8 Å². The van der Waals surface area contributed by atoms with E-state index in [1.54, 1.807) is 6.20 Å². The molecule has 1 aliphatic rings. The lowest BCUT2D eigenvalue weighted by atomic mass is 9.94. The van der Waals surface area contributed by atoms with Crippen LogP contribution >= 0.6 is 15.9 Å². The Kier molecular flexibility index (Phi) is 2.99. The zero-order valence-corrected chi connectivity index (χ0v) is 10.4. The fourth-order valence-electron chi connectivity index (χ4n) is 1.81. The highest BCUT2D eigenvalue weighted by Crippen LogP contribution is 2.50. The number of hydrogen-bond acceptors (Lipinski definition) is 4. The third-order valence-corrected chi connectivity index (χ3v) is 3.44. The van der Waals surface area contributed by atoms with Crippen LogP contribution in [0.3, 0.4) is 0 Å². The van der Waals surface area contributed by atoms with Crippen molar-refractivity contribution in [2.75, 3.05) is 7.11 Å². The number of methoxy groups -OCH3 is 1. The van der Waals surface area contributed by atoms with E-state index in [2.05, 4.69) is 25.7 Å². The van der Waals surface area contributed by atoms with Crippen molar-refractivity contribution in [1.29, 1.82) is 0 Å². The number of esters is 1. The number of halogens is 1. The summed E-state index contributed by atoms with van der Waals surface area (Å²) in [6, 6.07) is 3.68. The van der Waals surface area contributed by atoms with Crippen LogP contribution in [0.2, 0.25) is 0 Å². The first-order valence-electron chi connectivity index (χ1n) is 4.98. The van der Waals surface area contributed by atoms with E-state index in [0.29, 0.717) is 0 Å². The van der Waals surface area contributed by atoms with Crippen molar-refractivity contribution in [3.8, 4) is 0 Å². The summed E-state index contributed by atoms with van der Waals surface area (Å²) in [5, 5.41) is 9.90. The lowest BCUT2D eigenvalue weighted by molar-refractivity contribution is -0.152. The highest BCUT2D eigenvalue weighted by molar-refractivity contribution is 9.10. The van der Waals surface area contributed by atoms with Crippen molar-refractivity contribution in [3.05, 3.63) is 28.5 Å². The van der Waals surface area contributed by atoms with Gasteiger partial charge in [-0.25, -0.2) is 4.79 Å². The summed E-state index contributed by atoms with van der Waals surface area (Å²) >= 11 is 3.30. The maximum absolute atomic E-state index is 11.3. The van der Waals surface area contributed by atoms with Crippen molar-refractivity contribution in [3.63, 3.8) is 0 Å². The molecule has 0 saturated heterocycles. The van der Waals surface area contributed by atoms with Gasteiger partial charge in [-0.2, -0.15) is 0 Å². The van der Waals surface area contributed by atoms with Gasteiger partial charge >= 0.3 is 5.97 Å². The SMILES string of the molecule is COC(=O)C(O)C1(c2ccc(Br)cn2)CC1. The molecule has 2 rings (SSSR count). The van der Waals surface area contributed by atoms with Crippen LogP contribution in [0.1, 0.15) is 18.5 Å². The zero-order valence-electron chi connectivity index (χ0n) is 8.81. The number of carbonyl (C=O) groups excluding carboxylic acids is 1. The third kappa shape index (κ3) is 1.85. The van der Waals surface area contributed by atoms with Gasteiger partial charge in [0.25, 0.3) is 0 Å². The second kappa shape index (κ2) is 4.14. The molecule has 0 aromatic carbocycles. The van der Waals surface area contributed by atoms with Gasteiger partial charge in [-0.1, -0.05) is 0 Å². The van der Waals surface area contributed by atoms with E-state index in [4.69, 9.17) is 0 Å². The van der Waals surface area contributed by atoms with Crippen LogP contribution in [0.15, 0.2) is 22.8 Å². The molecular formula is C11H12BrNO3. The highest BCUT2D eigenvalue weighted by atomic mass is 79.9. The molecule has 86 valence electrons. The summed E-state index contributed by atoms with van der Waals surface area (Å²) in [5.41, 5.74) is 0.210. The van der Waals surface area contributed by atoms with Crippen LogP contribution in [-0.4, -0.2) is 29.3 Å². The van der Waals surface area contributed by atoms with Crippen molar-refractivity contribution in [2.24, 2.45) is 0 Å². The smallest absolute Gasteiger partial charge is 0.335 e. The molecule has 1 unspecified atom stereocenters. The lowest BCUT2D eigenvalue weighted by Gasteiger charge is -2.19. The first kappa shape index (κ1) is 11.5. The first-order valence-corrected chi connectivity index (χ1v) is 5.77. The van der Waals surface area contributed by atoms with E-state index in [1.165, 1.54) is 7.11 Å². The summed E-state index contributed by atoms with van der Waals surface area (Å²) in [7, 11) is 1.27. The molecule has 1 N–H and O–H groups in total. The normalized spacial score (nSPS) is 18.9. The fraction of sp³-hybridized carbons (Fsp3) is 0.455. The molecule has 1 aromatic heterocycles. The van der Waals surface area contributed by atoms with E-state index in [9.17, 15) is 9.90 Å². The van der Waals surface area contributed by atoms with E-state index in [-0.39, 0.29) is 0 Å². The largest absolute Gasteiger partial charge is 0.467 e. The van der Waals surface area contributed by atoms with E-state index in [0.717, 1.165) is 23.0 Å². The van der Waals surface area contributed by atoms with Crippen LogP contribution in [-0.2, 0) is 14.9 Å². The predicted molar refractivity (Wildman–Crippen MR) is 60.9 cm³/mol. The molecule has 1 aliphatic carbocycles. The molecule has 0 radical (unpaired) electrons. The molecule has 0 spiro atoms. The van der Waals surface area contributed by atoms with Crippen LogP contribution in [0.25, 0.3) is 0 Å². The molecule has 1 atom stereocenters. The Bertz CT molecular complexity index is 400. The Morgan fingerprint density at radius 1 is 1.62 bits per heavy atom. The number of carbonyl (C=O) groups is 1. The Hall–Kier alpha value is -0.940. The number of hydrogen-bond donors (Lipinski definition) is 1. The number of rotatable bonds is 3. The maximum Gasteiger partial charge on any atom is 0.335 e. The number of aromatic nitrogens is 1. The summed E-state index contributed by atoms with van der Waals surface area (Å²) in [6.07, 6.45) is 2.07. The number of nitrogens with zero attached hydrogens (tertiary/aromatic N) is 1. The monoisotopic (exact) mass is 285 g/mol. The molecule has 16 heavy (non-hydrogen) atoms. The van der Waals surface area contributed by atoms with Gasteiger partial charge in [-0.3, -0.25) is 4.98 Å². The minimum atomic E-state index is -1.12. The standard InChI is InChI=1S/C11H12BrNO3/c1-16-10(15)9(14)11(4-5-11)8-3-2-7(12)6-13-8/h2-3,6,9,14H,4-5H2,1H3. The summed E-state index contributed by atoms with van der Waals surface area (Å²) < 4.78 is 5.43. The van der Waals surface area contributed by atoms with Crippen LogP contribution in [0.5, 0.6) is 0 Å². The highest BCUT2D eigenvalue weighted by Gasteiger charge is 2.55. The molecule has 1 saturated carbocycles. The molecule has 5 heteroatoms. The predicted octanol–water partition coefficient (Wildman–Crippen LogP) is 1.41. The lowest BCUT2D eigenvalue weighted by Crippen LogP contribution is -2.35. The minimum absolute atomic E-state index is 0.534. The topological polar surface area (TPSA) is 59.4 Å². The van der Waals surface area contributed by atoms with Gasteiger partial charge in [0.15, 0.2) is 6.10 Å². The van der Waals surface area contributed by atoms with Crippen LogP contribution < -0.4 is 0 Å². The van der Waals surface area contributed by atoms with Crippen molar-refractivity contribution in [1.82, 2.24) is 4.98 Å². The van der Waals surface area contributed by atoms with Gasteiger partial charge in [0.2, 0.25) is 0 Å². The van der Waals surface area contributed by atoms with Gasteiger partial charge in [-0.15, -0.1) is 0 Å². The average molecular weight is 286 g/mol. The van der Waals surface area contributed by atoms with Gasteiger partial charge in [-0.05, 0) is 40.9 Å². The molecule has 4 nitrogen and oxygen atoms in total.